The maximum atomic E-state index is 12.1. The molecule has 8 heteroatoms. The van der Waals surface area contributed by atoms with Crippen LogP contribution < -0.4 is 9.47 Å². The highest BCUT2D eigenvalue weighted by atomic mass is 32.1. The Hall–Kier alpha value is -3.26. The number of thiazole rings is 1. The number of benzene rings is 2. The van der Waals surface area contributed by atoms with Gasteiger partial charge in [0.15, 0.2) is 0 Å². The predicted molar refractivity (Wildman–Crippen MR) is 105 cm³/mol. The van der Waals surface area contributed by atoms with Crippen LogP contribution in [0.5, 0.6) is 11.5 Å². The molecule has 0 spiro atoms. The number of ether oxygens (including phenoxy) is 2. The lowest BCUT2D eigenvalue weighted by Gasteiger charge is -2.05. The first-order chi connectivity index (χ1) is 13.4. The Labute approximate surface area is 165 Å². The summed E-state index contributed by atoms with van der Waals surface area (Å²) in [5.41, 5.74) is 2.17. The average Bonchev–Trinajstić information content (AvgIpc) is 3.08. The van der Waals surface area contributed by atoms with E-state index in [4.69, 9.17) is 9.47 Å². The molecular weight excluding hydrogens is 380 g/mol. The van der Waals surface area contributed by atoms with Gasteiger partial charge in [0.1, 0.15) is 23.1 Å². The zero-order valence-electron chi connectivity index (χ0n) is 15.4. The van der Waals surface area contributed by atoms with E-state index in [9.17, 15) is 14.9 Å². The van der Waals surface area contributed by atoms with Crippen molar-refractivity contribution < 1.29 is 19.2 Å². The Morgan fingerprint density at radius 1 is 1.14 bits per heavy atom. The average molecular weight is 398 g/mol. The zero-order chi connectivity index (χ0) is 20.1. The van der Waals surface area contributed by atoms with E-state index in [1.807, 2.05) is 31.2 Å². The third-order valence-corrected chi connectivity index (χ3v) is 4.78. The van der Waals surface area contributed by atoms with E-state index in [0.29, 0.717) is 17.9 Å². The second kappa shape index (κ2) is 8.62. The number of nitro benzene ring substituents is 1. The quantitative estimate of drug-likeness (QED) is 0.254. The van der Waals surface area contributed by atoms with Crippen molar-refractivity contribution in [2.45, 2.75) is 26.9 Å². The fourth-order valence-corrected chi connectivity index (χ4v) is 3.19. The summed E-state index contributed by atoms with van der Waals surface area (Å²) in [6, 6.07) is 11.9. The number of aryl methyl sites for hydroxylation is 2. The van der Waals surface area contributed by atoms with Gasteiger partial charge in [-0.15, -0.1) is 11.3 Å². The van der Waals surface area contributed by atoms with Crippen molar-refractivity contribution in [2.75, 3.05) is 0 Å². The van der Waals surface area contributed by atoms with Gasteiger partial charge in [-0.2, -0.15) is 0 Å². The molecule has 1 aromatic heterocycles. The number of rotatable bonds is 7. The molecule has 0 radical (unpaired) electrons. The van der Waals surface area contributed by atoms with Crippen LogP contribution in [0.2, 0.25) is 0 Å². The van der Waals surface area contributed by atoms with Crippen LogP contribution >= 0.6 is 11.3 Å². The maximum Gasteiger partial charge on any atom is 0.317 e. The first-order valence-corrected chi connectivity index (χ1v) is 9.37. The Morgan fingerprint density at radius 3 is 2.54 bits per heavy atom. The standard InChI is InChI=1S/C20H18N2O5S/c1-13-3-5-16(6-4-13)26-11-19-21-15(12-28-19)10-20(23)27-17-7-8-18(22(24)25)14(2)9-17/h3-9,12H,10-11H2,1-2H3. The monoisotopic (exact) mass is 398 g/mol. The van der Waals surface area contributed by atoms with Crippen LogP contribution in [-0.2, 0) is 17.8 Å². The van der Waals surface area contributed by atoms with Gasteiger partial charge in [-0.05, 0) is 38.1 Å². The van der Waals surface area contributed by atoms with Crippen molar-refractivity contribution in [3.8, 4) is 11.5 Å². The number of nitro groups is 1. The van der Waals surface area contributed by atoms with Crippen LogP contribution in [-0.4, -0.2) is 15.9 Å². The lowest BCUT2D eigenvalue weighted by atomic mass is 10.2. The van der Waals surface area contributed by atoms with Gasteiger partial charge in [-0.25, -0.2) is 4.98 Å². The molecule has 0 N–H and O–H groups in total. The van der Waals surface area contributed by atoms with Crippen LogP contribution in [0, 0.1) is 24.0 Å². The van der Waals surface area contributed by atoms with Gasteiger partial charge in [0.25, 0.3) is 5.69 Å². The summed E-state index contributed by atoms with van der Waals surface area (Å²) < 4.78 is 10.9. The smallest absolute Gasteiger partial charge is 0.317 e. The van der Waals surface area contributed by atoms with Gasteiger partial charge in [-0.3, -0.25) is 14.9 Å². The summed E-state index contributed by atoms with van der Waals surface area (Å²) in [6.45, 7) is 3.93. The molecule has 1 heterocycles. The predicted octanol–water partition coefficient (Wildman–Crippen LogP) is 4.40. The molecule has 3 rings (SSSR count). The van der Waals surface area contributed by atoms with Crippen LogP contribution in [0.25, 0.3) is 0 Å². The van der Waals surface area contributed by atoms with Crippen molar-refractivity contribution >= 4 is 23.0 Å². The molecule has 0 unspecified atom stereocenters. The number of hydrogen-bond acceptors (Lipinski definition) is 7. The zero-order valence-corrected chi connectivity index (χ0v) is 16.2. The topological polar surface area (TPSA) is 91.6 Å². The second-order valence-corrected chi connectivity index (χ2v) is 7.13. The van der Waals surface area contributed by atoms with Gasteiger partial charge < -0.3 is 9.47 Å². The molecule has 0 saturated carbocycles. The SMILES string of the molecule is Cc1ccc(OCc2nc(CC(=O)Oc3ccc([N+](=O)[O-])c(C)c3)cs2)cc1. The van der Waals surface area contributed by atoms with Crippen LogP contribution in [0.3, 0.4) is 0 Å². The first-order valence-electron chi connectivity index (χ1n) is 8.49. The summed E-state index contributed by atoms with van der Waals surface area (Å²) in [4.78, 5) is 26.9. The van der Waals surface area contributed by atoms with Gasteiger partial charge in [-0.1, -0.05) is 17.7 Å². The maximum absolute atomic E-state index is 12.1. The van der Waals surface area contributed by atoms with Crippen LogP contribution in [0.1, 0.15) is 21.8 Å². The van der Waals surface area contributed by atoms with Crippen molar-refractivity contribution in [3.05, 3.63) is 79.8 Å². The number of carbonyl (C=O) groups excluding carboxylic acids is 1. The van der Waals surface area contributed by atoms with E-state index in [1.165, 1.54) is 29.5 Å². The largest absolute Gasteiger partial charge is 0.486 e. The van der Waals surface area contributed by atoms with Crippen molar-refractivity contribution in [1.82, 2.24) is 4.98 Å². The summed E-state index contributed by atoms with van der Waals surface area (Å²) in [6.07, 6.45) is 0.0110. The minimum absolute atomic E-state index is 0.0110. The number of aromatic nitrogens is 1. The van der Waals surface area contributed by atoms with E-state index < -0.39 is 10.9 Å². The second-order valence-electron chi connectivity index (χ2n) is 6.19. The Bertz CT molecular complexity index is 998. The summed E-state index contributed by atoms with van der Waals surface area (Å²) in [5.74, 6) is 0.547. The highest BCUT2D eigenvalue weighted by Crippen LogP contribution is 2.23. The number of esters is 1. The van der Waals surface area contributed by atoms with Gasteiger partial charge in [0.2, 0.25) is 0 Å². The van der Waals surface area contributed by atoms with Crippen LogP contribution in [0.4, 0.5) is 5.69 Å². The Kier molecular flexibility index (Phi) is 6.00. The fraction of sp³-hybridized carbons (Fsp3) is 0.200. The van der Waals surface area contributed by atoms with E-state index in [1.54, 1.807) is 12.3 Å². The molecule has 0 bridgehead atoms. The van der Waals surface area contributed by atoms with Crippen LogP contribution in [0.15, 0.2) is 47.8 Å². The number of nitrogens with zero attached hydrogens (tertiary/aromatic N) is 2. The molecule has 0 fully saturated rings. The normalized spacial score (nSPS) is 10.5. The highest BCUT2D eigenvalue weighted by Gasteiger charge is 2.14. The van der Waals surface area contributed by atoms with E-state index >= 15 is 0 Å². The van der Waals surface area contributed by atoms with E-state index in [-0.39, 0.29) is 17.9 Å². The molecule has 3 aromatic rings. The third kappa shape index (κ3) is 5.14. The van der Waals surface area contributed by atoms with Crippen molar-refractivity contribution in [2.24, 2.45) is 0 Å². The Morgan fingerprint density at radius 2 is 1.86 bits per heavy atom. The molecule has 0 aliphatic carbocycles. The summed E-state index contributed by atoms with van der Waals surface area (Å²) in [7, 11) is 0. The van der Waals surface area contributed by atoms with E-state index in [2.05, 4.69) is 4.98 Å². The lowest BCUT2D eigenvalue weighted by Crippen LogP contribution is -2.12. The first kappa shape index (κ1) is 19.5. The van der Waals surface area contributed by atoms with Gasteiger partial charge >= 0.3 is 5.97 Å². The molecule has 0 atom stereocenters. The molecule has 0 aliphatic rings. The molecule has 28 heavy (non-hydrogen) atoms. The van der Waals surface area contributed by atoms with Crippen molar-refractivity contribution in [3.63, 3.8) is 0 Å². The van der Waals surface area contributed by atoms with Crippen molar-refractivity contribution in [1.29, 1.82) is 0 Å². The minimum Gasteiger partial charge on any atom is -0.486 e. The highest BCUT2D eigenvalue weighted by molar-refractivity contribution is 7.09. The summed E-state index contributed by atoms with van der Waals surface area (Å²) in [5, 5.41) is 13.4. The fourth-order valence-electron chi connectivity index (χ4n) is 2.49. The number of carbonyl (C=O) groups is 1. The van der Waals surface area contributed by atoms with Gasteiger partial charge in [0.05, 0.1) is 17.0 Å². The lowest BCUT2D eigenvalue weighted by molar-refractivity contribution is -0.385. The summed E-state index contributed by atoms with van der Waals surface area (Å²) >= 11 is 1.41. The molecule has 0 amide bonds. The molecule has 144 valence electrons. The Balaban J connectivity index is 1.54. The molecule has 7 nitrogen and oxygen atoms in total. The van der Waals surface area contributed by atoms with E-state index in [0.717, 1.165) is 16.3 Å². The van der Waals surface area contributed by atoms with Gasteiger partial charge in [0, 0.05) is 17.0 Å². The molecule has 0 aliphatic heterocycles. The molecular formula is C20H18N2O5S. The third-order valence-electron chi connectivity index (χ3n) is 3.90. The number of hydrogen-bond donors (Lipinski definition) is 0. The minimum atomic E-state index is -0.482. The molecule has 2 aromatic carbocycles. The molecule has 0 saturated heterocycles.